The van der Waals surface area contributed by atoms with E-state index in [9.17, 15) is 4.79 Å². The standard InChI is InChI=1S/C12H15N3OS/c1-3-8-7-13-15-11(8)14-12(16)10-6-5-9(4-2)17-10/h5-7H,3-4H2,1-2H3,(H2,13,14,15,16). The van der Waals surface area contributed by atoms with Crippen molar-refractivity contribution >= 4 is 23.1 Å². The lowest BCUT2D eigenvalue weighted by molar-refractivity contribution is 0.103. The number of hydrogen-bond donors (Lipinski definition) is 2. The summed E-state index contributed by atoms with van der Waals surface area (Å²) in [7, 11) is 0. The lowest BCUT2D eigenvalue weighted by Gasteiger charge is -2.02. The Labute approximate surface area is 104 Å². The molecular formula is C12H15N3OS. The largest absolute Gasteiger partial charge is 0.306 e. The molecule has 2 aromatic rings. The van der Waals surface area contributed by atoms with Crippen molar-refractivity contribution < 1.29 is 4.79 Å². The Kier molecular flexibility index (Phi) is 3.58. The second-order valence-corrected chi connectivity index (χ2v) is 4.87. The molecule has 5 heteroatoms. The van der Waals surface area contributed by atoms with Crippen LogP contribution in [0.3, 0.4) is 0 Å². The van der Waals surface area contributed by atoms with Gasteiger partial charge in [0.1, 0.15) is 5.82 Å². The SMILES string of the molecule is CCc1ccc(C(=O)Nc2[nH]ncc2CC)s1. The highest BCUT2D eigenvalue weighted by Gasteiger charge is 2.11. The lowest BCUT2D eigenvalue weighted by atomic mass is 10.2. The van der Waals surface area contributed by atoms with Gasteiger partial charge in [-0.25, -0.2) is 0 Å². The van der Waals surface area contributed by atoms with E-state index in [4.69, 9.17) is 0 Å². The monoisotopic (exact) mass is 249 g/mol. The first kappa shape index (κ1) is 11.9. The predicted octanol–water partition coefficient (Wildman–Crippen LogP) is 2.85. The fourth-order valence-corrected chi connectivity index (χ4v) is 2.40. The maximum atomic E-state index is 12.0. The number of aryl methyl sites for hydroxylation is 2. The number of aromatic amines is 1. The molecule has 0 atom stereocenters. The fourth-order valence-electron chi connectivity index (χ4n) is 1.55. The third kappa shape index (κ3) is 2.55. The number of amides is 1. The van der Waals surface area contributed by atoms with E-state index in [0.717, 1.165) is 23.3 Å². The van der Waals surface area contributed by atoms with Crippen molar-refractivity contribution in [1.82, 2.24) is 10.2 Å². The maximum absolute atomic E-state index is 12.0. The van der Waals surface area contributed by atoms with Crippen LogP contribution in [0.4, 0.5) is 5.82 Å². The van der Waals surface area contributed by atoms with E-state index >= 15 is 0 Å². The maximum Gasteiger partial charge on any atom is 0.266 e. The molecule has 0 aliphatic rings. The molecule has 0 bridgehead atoms. The van der Waals surface area contributed by atoms with Gasteiger partial charge in [-0.1, -0.05) is 13.8 Å². The first-order valence-corrected chi connectivity index (χ1v) is 6.48. The normalized spacial score (nSPS) is 10.5. The number of anilines is 1. The Hall–Kier alpha value is -1.62. The van der Waals surface area contributed by atoms with Crippen LogP contribution >= 0.6 is 11.3 Å². The first-order chi connectivity index (χ1) is 8.24. The van der Waals surface area contributed by atoms with Crippen LogP contribution in [-0.4, -0.2) is 16.1 Å². The number of H-pyrrole nitrogens is 1. The van der Waals surface area contributed by atoms with Gasteiger partial charge in [0, 0.05) is 10.4 Å². The number of carbonyl (C=O) groups excluding carboxylic acids is 1. The number of aromatic nitrogens is 2. The number of carbonyl (C=O) groups is 1. The van der Waals surface area contributed by atoms with Crippen molar-refractivity contribution in [3.05, 3.63) is 33.6 Å². The van der Waals surface area contributed by atoms with Crippen LogP contribution in [0.1, 0.15) is 34.0 Å². The summed E-state index contributed by atoms with van der Waals surface area (Å²) < 4.78 is 0. The molecule has 2 rings (SSSR count). The van der Waals surface area contributed by atoms with E-state index in [2.05, 4.69) is 22.4 Å². The van der Waals surface area contributed by atoms with Gasteiger partial charge < -0.3 is 5.32 Å². The first-order valence-electron chi connectivity index (χ1n) is 5.66. The van der Waals surface area contributed by atoms with Crippen molar-refractivity contribution in [1.29, 1.82) is 0 Å². The van der Waals surface area contributed by atoms with Crippen LogP contribution in [0.5, 0.6) is 0 Å². The van der Waals surface area contributed by atoms with Gasteiger partial charge in [0.05, 0.1) is 11.1 Å². The average molecular weight is 249 g/mol. The van der Waals surface area contributed by atoms with Gasteiger partial charge in [-0.15, -0.1) is 11.3 Å². The van der Waals surface area contributed by atoms with Crippen molar-refractivity contribution in [3.8, 4) is 0 Å². The molecule has 0 aliphatic heterocycles. The zero-order valence-corrected chi connectivity index (χ0v) is 10.7. The van der Waals surface area contributed by atoms with Crippen molar-refractivity contribution in [2.24, 2.45) is 0 Å². The van der Waals surface area contributed by atoms with E-state index in [1.54, 1.807) is 6.20 Å². The summed E-state index contributed by atoms with van der Waals surface area (Å²) in [4.78, 5) is 13.9. The molecule has 2 heterocycles. The van der Waals surface area contributed by atoms with Crippen LogP contribution in [-0.2, 0) is 12.8 Å². The summed E-state index contributed by atoms with van der Waals surface area (Å²) in [6, 6.07) is 3.86. The number of nitrogens with one attached hydrogen (secondary N) is 2. The van der Waals surface area contributed by atoms with Crippen molar-refractivity contribution in [2.75, 3.05) is 5.32 Å². The topological polar surface area (TPSA) is 57.8 Å². The second kappa shape index (κ2) is 5.14. The Bertz CT molecular complexity index is 515. The summed E-state index contributed by atoms with van der Waals surface area (Å²) >= 11 is 1.53. The minimum absolute atomic E-state index is 0.0753. The van der Waals surface area contributed by atoms with E-state index in [-0.39, 0.29) is 5.91 Å². The third-order valence-electron chi connectivity index (χ3n) is 2.57. The van der Waals surface area contributed by atoms with Crippen molar-refractivity contribution in [2.45, 2.75) is 26.7 Å². The van der Waals surface area contributed by atoms with Gasteiger partial charge in [0.2, 0.25) is 0 Å². The van der Waals surface area contributed by atoms with E-state index in [0.29, 0.717) is 5.82 Å². The van der Waals surface area contributed by atoms with Crippen LogP contribution < -0.4 is 5.32 Å². The summed E-state index contributed by atoms with van der Waals surface area (Å²) in [6.45, 7) is 4.11. The summed E-state index contributed by atoms with van der Waals surface area (Å²) in [6.07, 6.45) is 3.54. The average Bonchev–Trinajstić information content (AvgIpc) is 2.96. The van der Waals surface area contributed by atoms with Gasteiger partial charge in [0.15, 0.2) is 0 Å². The molecule has 0 spiro atoms. The van der Waals surface area contributed by atoms with Crippen LogP contribution in [0.2, 0.25) is 0 Å². The van der Waals surface area contributed by atoms with Crippen molar-refractivity contribution in [3.63, 3.8) is 0 Å². The smallest absolute Gasteiger partial charge is 0.266 e. The minimum atomic E-state index is -0.0753. The Morgan fingerprint density at radius 3 is 2.88 bits per heavy atom. The number of thiophene rings is 1. The predicted molar refractivity (Wildman–Crippen MR) is 69.6 cm³/mol. The number of hydrogen-bond acceptors (Lipinski definition) is 3. The zero-order chi connectivity index (χ0) is 12.3. The third-order valence-corrected chi connectivity index (χ3v) is 3.80. The molecule has 0 aliphatic carbocycles. The molecule has 0 fully saturated rings. The number of nitrogens with zero attached hydrogens (tertiary/aromatic N) is 1. The lowest BCUT2D eigenvalue weighted by Crippen LogP contribution is -2.11. The van der Waals surface area contributed by atoms with E-state index < -0.39 is 0 Å². The summed E-state index contributed by atoms with van der Waals surface area (Å²) in [5.74, 6) is 0.623. The van der Waals surface area contributed by atoms with E-state index in [1.165, 1.54) is 16.2 Å². The molecule has 4 nitrogen and oxygen atoms in total. The molecule has 0 unspecified atom stereocenters. The van der Waals surface area contributed by atoms with Gasteiger partial charge in [-0.05, 0) is 25.0 Å². The fraction of sp³-hybridized carbons (Fsp3) is 0.333. The summed E-state index contributed by atoms with van der Waals surface area (Å²) in [5.41, 5.74) is 1.02. The zero-order valence-electron chi connectivity index (χ0n) is 9.91. The highest BCUT2D eigenvalue weighted by molar-refractivity contribution is 7.14. The van der Waals surface area contributed by atoms with Gasteiger partial charge in [0.25, 0.3) is 5.91 Å². The Morgan fingerprint density at radius 1 is 1.41 bits per heavy atom. The molecule has 0 aromatic carbocycles. The summed E-state index contributed by atoms with van der Waals surface area (Å²) in [5, 5.41) is 9.57. The molecule has 0 radical (unpaired) electrons. The molecule has 0 saturated carbocycles. The Balaban J connectivity index is 2.11. The molecule has 17 heavy (non-hydrogen) atoms. The minimum Gasteiger partial charge on any atom is -0.306 e. The highest BCUT2D eigenvalue weighted by atomic mass is 32.1. The Morgan fingerprint density at radius 2 is 2.24 bits per heavy atom. The van der Waals surface area contributed by atoms with Gasteiger partial charge >= 0.3 is 0 Å². The van der Waals surface area contributed by atoms with E-state index in [1.807, 2.05) is 19.1 Å². The molecule has 1 amide bonds. The second-order valence-electron chi connectivity index (χ2n) is 3.70. The molecule has 90 valence electrons. The van der Waals surface area contributed by atoms with Gasteiger partial charge in [-0.2, -0.15) is 5.10 Å². The number of rotatable bonds is 4. The van der Waals surface area contributed by atoms with Crippen LogP contribution in [0.25, 0.3) is 0 Å². The van der Waals surface area contributed by atoms with Gasteiger partial charge in [-0.3, -0.25) is 9.89 Å². The van der Waals surface area contributed by atoms with Crippen LogP contribution in [0.15, 0.2) is 18.3 Å². The molecule has 0 saturated heterocycles. The molecule has 2 N–H and O–H groups in total. The molecule has 2 aromatic heterocycles. The van der Waals surface area contributed by atoms with Crippen LogP contribution in [0, 0.1) is 0 Å². The quantitative estimate of drug-likeness (QED) is 0.875. The highest BCUT2D eigenvalue weighted by Crippen LogP contribution is 2.19. The molecular weight excluding hydrogens is 234 g/mol.